The van der Waals surface area contributed by atoms with E-state index in [9.17, 15) is 21.4 Å². The van der Waals surface area contributed by atoms with Crippen LogP contribution in [0, 0.1) is 0 Å². The third-order valence-electron chi connectivity index (χ3n) is 3.01. The smallest absolute Gasteiger partial charge is 0.294 e. The molecule has 10 heteroatoms. The standard InChI is InChI=1S/C13H15NO7S2/c14-10-2-3-12-9(6-10)7-11(23(18,19)20)8-13(12)21-4-1-5-22(15,16)17/h2-3,6-8H,1,4-5,14H2,(H,15,16,17)(H,18,19,20). The van der Waals surface area contributed by atoms with Gasteiger partial charge in [0.05, 0.1) is 17.3 Å². The maximum Gasteiger partial charge on any atom is 0.294 e. The van der Waals surface area contributed by atoms with Crippen molar-refractivity contribution in [3.8, 4) is 5.75 Å². The Hall–Kier alpha value is -1.88. The molecule has 0 unspecified atom stereocenters. The van der Waals surface area contributed by atoms with Gasteiger partial charge in [-0.2, -0.15) is 16.8 Å². The molecular weight excluding hydrogens is 346 g/mol. The van der Waals surface area contributed by atoms with Gasteiger partial charge in [0.1, 0.15) is 5.75 Å². The number of anilines is 1. The highest BCUT2D eigenvalue weighted by Crippen LogP contribution is 2.31. The van der Waals surface area contributed by atoms with Gasteiger partial charge in [-0.05, 0) is 36.1 Å². The Morgan fingerprint density at radius 3 is 2.35 bits per heavy atom. The van der Waals surface area contributed by atoms with Crippen LogP contribution in [0.3, 0.4) is 0 Å². The summed E-state index contributed by atoms with van der Waals surface area (Å²) in [4.78, 5) is -0.361. The van der Waals surface area contributed by atoms with Crippen LogP contribution in [0.5, 0.6) is 5.75 Å². The molecule has 0 radical (unpaired) electrons. The zero-order valence-corrected chi connectivity index (χ0v) is 13.5. The van der Waals surface area contributed by atoms with Crippen LogP contribution >= 0.6 is 0 Å². The van der Waals surface area contributed by atoms with E-state index in [1.807, 2.05) is 0 Å². The largest absolute Gasteiger partial charge is 0.493 e. The van der Waals surface area contributed by atoms with E-state index in [1.165, 1.54) is 12.1 Å². The zero-order chi connectivity index (χ0) is 17.3. The monoisotopic (exact) mass is 361 g/mol. The van der Waals surface area contributed by atoms with Crippen LogP contribution in [-0.4, -0.2) is 38.3 Å². The van der Waals surface area contributed by atoms with Gasteiger partial charge in [0.15, 0.2) is 0 Å². The topological polar surface area (TPSA) is 144 Å². The van der Waals surface area contributed by atoms with E-state index >= 15 is 0 Å². The Kier molecular flexibility index (Phi) is 4.80. The van der Waals surface area contributed by atoms with Gasteiger partial charge in [0, 0.05) is 17.1 Å². The minimum Gasteiger partial charge on any atom is -0.493 e. The lowest BCUT2D eigenvalue weighted by Crippen LogP contribution is -2.09. The summed E-state index contributed by atoms with van der Waals surface area (Å²) in [5.41, 5.74) is 6.06. The van der Waals surface area contributed by atoms with Gasteiger partial charge in [-0.25, -0.2) is 0 Å². The molecule has 0 bridgehead atoms. The van der Waals surface area contributed by atoms with Gasteiger partial charge in [-0.1, -0.05) is 0 Å². The predicted octanol–water partition coefficient (Wildman–Crippen LogP) is 1.33. The van der Waals surface area contributed by atoms with Gasteiger partial charge in [0.2, 0.25) is 0 Å². The summed E-state index contributed by atoms with van der Waals surface area (Å²) in [6.07, 6.45) is 0.0192. The fourth-order valence-electron chi connectivity index (χ4n) is 2.02. The number of hydrogen-bond donors (Lipinski definition) is 3. The second-order valence-electron chi connectivity index (χ2n) is 4.87. The maximum absolute atomic E-state index is 11.3. The number of hydrogen-bond acceptors (Lipinski definition) is 6. The molecule has 0 atom stereocenters. The van der Waals surface area contributed by atoms with E-state index in [1.54, 1.807) is 12.1 Å². The van der Waals surface area contributed by atoms with Crippen molar-refractivity contribution in [2.45, 2.75) is 11.3 Å². The molecule has 23 heavy (non-hydrogen) atoms. The van der Waals surface area contributed by atoms with Crippen LogP contribution in [0.1, 0.15) is 6.42 Å². The summed E-state index contributed by atoms with van der Waals surface area (Å²) in [5, 5.41) is 1.00. The van der Waals surface area contributed by atoms with Crippen molar-refractivity contribution in [3.63, 3.8) is 0 Å². The Balaban J connectivity index is 2.37. The predicted molar refractivity (Wildman–Crippen MR) is 84.7 cm³/mol. The first kappa shape index (κ1) is 17.5. The molecule has 0 saturated heterocycles. The van der Waals surface area contributed by atoms with Crippen molar-refractivity contribution in [2.24, 2.45) is 0 Å². The number of rotatable bonds is 6. The zero-order valence-electron chi connectivity index (χ0n) is 11.8. The fourth-order valence-corrected chi connectivity index (χ4v) is 3.03. The highest BCUT2D eigenvalue weighted by Gasteiger charge is 2.15. The third kappa shape index (κ3) is 4.79. The van der Waals surface area contributed by atoms with Crippen molar-refractivity contribution in [1.82, 2.24) is 0 Å². The first-order chi connectivity index (χ1) is 10.6. The maximum atomic E-state index is 11.3. The molecule has 0 aromatic heterocycles. The van der Waals surface area contributed by atoms with Crippen molar-refractivity contribution in [2.75, 3.05) is 18.1 Å². The normalized spacial score (nSPS) is 12.4. The van der Waals surface area contributed by atoms with Crippen LogP contribution in [0.4, 0.5) is 5.69 Å². The Morgan fingerprint density at radius 2 is 1.74 bits per heavy atom. The van der Waals surface area contributed by atoms with Gasteiger partial charge in [-0.15, -0.1) is 0 Å². The Bertz CT molecular complexity index is 936. The lowest BCUT2D eigenvalue weighted by Gasteiger charge is -2.11. The second-order valence-corrected chi connectivity index (χ2v) is 7.86. The Labute approximate surface area is 133 Å². The molecule has 0 aliphatic carbocycles. The van der Waals surface area contributed by atoms with E-state index in [4.69, 9.17) is 15.0 Å². The van der Waals surface area contributed by atoms with Crippen LogP contribution in [0.2, 0.25) is 0 Å². The molecule has 0 heterocycles. The van der Waals surface area contributed by atoms with Crippen LogP contribution < -0.4 is 10.5 Å². The summed E-state index contributed by atoms with van der Waals surface area (Å²) in [6.45, 7) is -0.0613. The summed E-state index contributed by atoms with van der Waals surface area (Å²) >= 11 is 0. The van der Waals surface area contributed by atoms with Gasteiger partial charge >= 0.3 is 0 Å². The molecule has 2 rings (SSSR count). The molecular formula is C13H15NO7S2. The number of fused-ring (bicyclic) bond motifs is 1. The summed E-state index contributed by atoms with van der Waals surface area (Å²) < 4.78 is 67.2. The quantitative estimate of drug-likeness (QED) is 0.397. The van der Waals surface area contributed by atoms with E-state index in [2.05, 4.69) is 0 Å². The van der Waals surface area contributed by atoms with E-state index in [0.29, 0.717) is 16.5 Å². The van der Waals surface area contributed by atoms with Gasteiger partial charge in [-0.3, -0.25) is 9.11 Å². The second kappa shape index (κ2) is 6.32. The fraction of sp³-hybridized carbons (Fsp3) is 0.231. The van der Waals surface area contributed by atoms with E-state index < -0.39 is 26.0 Å². The molecule has 2 aromatic rings. The molecule has 0 amide bonds. The van der Waals surface area contributed by atoms with E-state index in [0.717, 1.165) is 6.07 Å². The molecule has 126 valence electrons. The summed E-state index contributed by atoms with van der Waals surface area (Å²) in [5.74, 6) is -0.318. The van der Waals surface area contributed by atoms with Crippen LogP contribution in [0.15, 0.2) is 35.2 Å². The molecule has 2 aromatic carbocycles. The van der Waals surface area contributed by atoms with Crippen molar-refractivity contribution < 1.29 is 30.7 Å². The highest BCUT2D eigenvalue weighted by atomic mass is 32.2. The molecule has 8 nitrogen and oxygen atoms in total. The lowest BCUT2D eigenvalue weighted by molar-refractivity contribution is 0.319. The molecule has 0 fully saturated rings. The average molecular weight is 361 g/mol. The van der Waals surface area contributed by atoms with E-state index in [-0.39, 0.29) is 23.7 Å². The first-order valence-electron chi connectivity index (χ1n) is 6.45. The number of nitrogens with two attached hydrogens (primary N) is 1. The average Bonchev–Trinajstić information content (AvgIpc) is 2.40. The molecule has 0 aliphatic rings. The molecule has 0 aliphatic heterocycles. The van der Waals surface area contributed by atoms with Crippen LogP contribution in [-0.2, 0) is 20.2 Å². The van der Waals surface area contributed by atoms with Crippen LogP contribution in [0.25, 0.3) is 10.8 Å². The number of benzene rings is 2. The minimum atomic E-state index is -4.44. The first-order valence-corrected chi connectivity index (χ1v) is 9.50. The molecule has 0 saturated carbocycles. The number of nitrogen functional groups attached to an aromatic ring is 1. The van der Waals surface area contributed by atoms with Crippen molar-refractivity contribution in [1.29, 1.82) is 0 Å². The van der Waals surface area contributed by atoms with Crippen molar-refractivity contribution >= 4 is 36.7 Å². The van der Waals surface area contributed by atoms with Gasteiger partial charge in [0.25, 0.3) is 20.2 Å². The SMILES string of the molecule is Nc1ccc2c(OCCCS(=O)(=O)O)cc(S(=O)(=O)O)cc2c1. The van der Waals surface area contributed by atoms with Gasteiger partial charge < -0.3 is 10.5 Å². The highest BCUT2D eigenvalue weighted by molar-refractivity contribution is 7.86. The minimum absolute atomic E-state index is 0.0192. The molecule has 0 spiro atoms. The lowest BCUT2D eigenvalue weighted by atomic mass is 10.1. The van der Waals surface area contributed by atoms with Crippen molar-refractivity contribution in [3.05, 3.63) is 30.3 Å². The summed E-state index contributed by atoms with van der Waals surface area (Å²) in [7, 11) is -8.53. The third-order valence-corrected chi connectivity index (χ3v) is 4.65. The summed E-state index contributed by atoms with van der Waals surface area (Å²) in [6, 6.07) is 7.14. The molecule has 4 N–H and O–H groups in total. The number of ether oxygens (including phenoxy) is 1. The Morgan fingerprint density at radius 1 is 1.04 bits per heavy atom.